The molecule has 7 heteroatoms. The summed E-state index contributed by atoms with van der Waals surface area (Å²) in [6.45, 7) is 1.71. The van der Waals surface area contributed by atoms with E-state index in [9.17, 15) is 13.6 Å². The molecule has 1 amide bonds. The number of ether oxygens (including phenoxy) is 3. The average molecular weight is 351 g/mol. The maximum Gasteiger partial charge on any atom is 0.255 e. The van der Waals surface area contributed by atoms with Gasteiger partial charge in [-0.2, -0.15) is 0 Å². The van der Waals surface area contributed by atoms with Gasteiger partial charge in [0.1, 0.15) is 12.4 Å². The lowest BCUT2D eigenvalue weighted by Gasteiger charge is -2.17. The number of benzene rings is 2. The van der Waals surface area contributed by atoms with Crippen molar-refractivity contribution < 1.29 is 27.8 Å². The molecule has 0 fully saturated rings. The summed E-state index contributed by atoms with van der Waals surface area (Å²) in [5.74, 6) is -1.19. The van der Waals surface area contributed by atoms with Crippen molar-refractivity contribution in [3.05, 3.63) is 53.6 Å². The number of nitrogens with one attached hydrogen (secondary N) is 1. The standard InChI is InChI=1S/C18H19F2NO4/c1-11(10-25-15-8-7-12(19)9-14(15)20)21-18(22)13-5-4-6-16(23-2)17(13)24-3/h4-9,11H,10H2,1-3H3,(H,21,22). The van der Waals surface area contributed by atoms with Crippen LogP contribution in [0, 0.1) is 11.6 Å². The highest BCUT2D eigenvalue weighted by Gasteiger charge is 2.18. The number of hydrogen-bond acceptors (Lipinski definition) is 4. The molecule has 1 unspecified atom stereocenters. The Balaban J connectivity index is 2.01. The second-order valence-electron chi connectivity index (χ2n) is 5.30. The molecular weight excluding hydrogens is 332 g/mol. The molecule has 0 radical (unpaired) electrons. The molecule has 0 saturated carbocycles. The highest BCUT2D eigenvalue weighted by molar-refractivity contribution is 5.98. The van der Waals surface area contributed by atoms with Gasteiger partial charge in [0.25, 0.3) is 5.91 Å². The summed E-state index contributed by atoms with van der Waals surface area (Å²) >= 11 is 0. The Hall–Kier alpha value is -2.83. The largest absolute Gasteiger partial charge is 0.493 e. The summed E-state index contributed by atoms with van der Waals surface area (Å²) in [7, 11) is 2.92. The van der Waals surface area contributed by atoms with E-state index in [2.05, 4.69) is 5.32 Å². The van der Waals surface area contributed by atoms with Crippen LogP contribution in [0.2, 0.25) is 0 Å². The maximum atomic E-state index is 13.5. The molecule has 0 aliphatic heterocycles. The van der Waals surface area contributed by atoms with E-state index < -0.39 is 17.7 Å². The lowest BCUT2D eigenvalue weighted by Crippen LogP contribution is -2.37. The minimum absolute atomic E-state index is 0.0145. The summed E-state index contributed by atoms with van der Waals surface area (Å²) in [6, 6.07) is 7.56. The van der Waals surface area contributed by atoms with Gasteiger partial charge in [0, 0.05) is 6.07 Å². The number of carbonyl (C=O) groups excluding carboxylic acids is 1. The molecule has 134 valence electrons. The number of methoxy groups -OCH3 is 2. The topological polar surface area (TPSA) is 56.8 Å². The summed E-state index contributed by atoms with van der Waals surface area (Å²) < 4.78 is 42.1. The van der Waals surface area contributed by atoms with E-state index in [4.69, 9.17) is 14.2 Å². The zero-order valence-electron chi connectivity index (χ0n) is 14.1. The van der Waals surface area contributed by atoms with E-state index >= 15 is 0 Å². The van der Waals surface area contributed by atoms with E-state index in [-0.39, 0.29) is 18.3 Å². The van der Waals surface area contributed by atoms with Gasteiger partial charge in [-0.3, -0.25) is 4.79 Å². The van der Waals surface area contributed by atoms with Gasteiger partial charge >= 0.3 is 0 Å². The lowest BCUT2D eigenvalue weighted by atomic mass is 10.1. The van der Waals surface area contributed by atoms with E-state index in [1.54, 1.807) is 25.1 Å². The predicted octanol–water partition coefficient (Wildman–Crippen LogP) is 3.18. The van der Waals surface area contributed by atoms with Gasteiger partial charge in [-0.25, -0.2) is 8.78 Å². The Morgan fingerprint density at radius 2 is 1.88 bits per heavy atom. The number of hydrogen-bond donors (Lipinski definition) is 1. The van der Waals surface area contributed by atoms with Crippen molar-refractivity contribution in [2.75, 3.05) is 20.8 Å². The van der Waals surface area contributed by atoms with Crippen molar-refractivity contribution in [3.8, 4) is 17.2 Å². The normalized spacial score (nSPS) is 11.6. The first-order chi connectivity index (χ1) is 12.0. The fourth-order valence-corrected chi connectivity index (χ4v) is 2.22. The van der Waals surface area contributed by atoms with Gasteiger partial charge in [-0.15, -0.1) is 0 Å². The SMILES string of the molecule is COc1cccc(C(=O)NC(C)COc2ccc(F)cc2F)c1OC. The van der Waals surface area contributed by atoms with Crippen molar-refractivity contribution in [3.63, 3.8) is 0 Å². The Morgan fingerprint density at radius 3 is 2.52 bits per heavy atom. The quantitative estimate of drug-likeness (QED) is 0.832. The first kappa shape index (κ1) is 18.5. The third-order valence-corrected chi connectivity index (χ3v) is 3.41. The van der Waals surface area contributed by atoms with E-state index in [0.717, 1.165) is 12.1 Å². The van der Waals surface area contributed by atoms with Crippen LogP contribution in [0.15, 0.2) is 36.4 Å². The number of para-hydroxylation sites is 1. The fourth-order valence-electron chi connectivity index (χ4n) is 2.22. The van der Waals surface area contributed by atoms with Gasteiger partial charge in [-0.05, 0) is 31.2 Å². The minimum atomic E-state index is -0.798. The van der Waals surface area contributed by atoms with E-state index in [0.29, 0.717) is 17.1 Å². The van der Waals surface area contributed by atoms with Crippen LogP contribution in [-0.4, -0.2) is 32.8 Å². The Morgan fingerprint density at radius 1 is 1.12 bits per heavy atom. The van der Waals surface area contributed by atoms with Crippen LogP contribution in [0.3, 0.4) is 0 Å². The predicted molar refractivity (Wildman–Crippen MR) is 88.3 cm³/mol. The zero-order valence-corrected chi connectivity index (χ0v) is 14.1. The van der Waals surface area contributed by atoms with Crippen LogP contribution in [-0.2, 0) is 0 Å². The number of carbonyl (C=O) groups is 1. The minimum Gasteiger partial charge on any atom is -0.493 e. The molecule has 0 heterocycles. The Bertz CT molecular complexity index is 752. The molecule has 1 atom stereocenters. The average Bonchev–Trinajstić information content (AvgIpc) is 2.60. The summed E-state index contributed by atoms with van der Waals surface area (Å²) in [5.41, 5.74) is 0.307. The number of amides is 1. The van der Waals surface area contributed by atoms with Gasteiger partial charge in [0.15, 0.2) is 23.1 Å². The third kappa shape index (κ3) is 4.59. The van der Waals surface area contributed by atoms with Crippen molar-refractivity contribution in [2.24, 2.45) is 0 Å². The summed E-state index contributed by atoms with van der Waals surface area (Å²) in [6.07, 6.45) is 0. The molecule has 0 spiro atoms. The molecule has 25 heavy (non-hydrogen) atoms. The molecule has 0 bridgehead atoms. The molecule has 5 nitrogen and oxygen atoms in total. The van der Waals surface area contributed by atoms with Crippen molar-refractivity contribution in [1.82, 2.24) is 5.32 Å². The summed E-state index contributed by atoms with van der Waals surface area (Å²) in [4.78, 5) is 12.4. The molecule has 0 saturated heterocycles. The van der Waals surface area contributed by atoms with Gasteiger partial charge in [0.05, 0.1) is 25.8 Å². The van der Waals surface area contributed by atoms with Crippen LogP contribution >= 0.6 is 0 Å². The molecule has 2 rings (SSSR count). The summed E-state index contributed by atoms with van der Waals surface area (Å²) in [5, 5.41) is 2.73. The van der Waals surface area contributed by atoms with Gasteiger partial charge < -0.3 is 19.5 Å². The Kier molecular flexibility index (Phi) is 6.16. The van der Waals surface area contributed by atoms with Crippen LogP contribution in [0.5, 0.6) is 17.2 Å². The van der Waals surface area contributed by atoms with E-state index in [1.807, 2.05) is 0 Å². The fraction of sp³-hybridized carbons (Fsp3) is 0.278. The van der Waals surface area contributed by atoms with Gasteiger partial charge in [-0.1, -0.05) is 6.07 Å². The maximum absolute atomic E-state index is 13.5. The van der Waals surface area contributed by atoms with E-state index in [1.165, 1.54) is 20.3 Å². The van der Waals surface area contributed by atoms with Crippen LogP contribution in [0.1, 0.15) is 17.3 Å². The van der Waals surface area contributed by atoms with Gasteiger partial charge in [0.2, 0.25) is 0 Å². The van der Waals surface area contributed by atoms with Crippen LogP contribution in [0.4, 0.5) is 8.78 Å². The zero-order chi connectivity index (χ0) is 18.4. The highest BCUT2D eigenvalue weighted by Crippen LogP contribution is 2.30. The molecule has 2 aromatic rings. The van der Waals surface area contributed by atoms with Crippen molar-refractivity contribution >= 4 is 5.91 Å². The highest BCUT2D eigenvalue weighted by atomic mass is 19.1. The molecule has 0 aliphatic carbocycles. The molecule has 0 aromatic heterocycles. The smallest absolute Gasteiger partial charge is 0.255 e. The first-order valence-electron chi connectivity index (χ1n) is 7.56. The van der Waals surface area contributed by atoms with Crippen molar-refractivity contribution in [1.29, 1.82) is 0 Å². The lowest BCUT2D eigenvalue weighted by molar-refractivity contribution is 0.0922. The van der Waals surface area contributed by atoms with Crippen molar-refractivity contribution in [2.45, 2.75) is 13.0 Å². The third-order valence-electron chi connectivity index (χ3n) is 3.41. The molecule has 2 aromatic carbocycles. The molecular formula is C18H19F2NO4. The number of halogens is 2. The first-order valence-corrected chi connectivity index (χ1v) is 7.56. The monoisotopic (exact) mass is 351 g/mol. The van der Waals surface area contributed by atoms with Crippen LogP contribution < -0.4 is 19.5 Å². The molecule has 1 N–H and O–H groups in total. The second-order valence-corrected chi connectivity index (χ2v) is 5.30. The second kappa shape index (κ2) is 8.32. The molecule has 0 aliphatic rings. The number of rotatable bonds is 7. The Labute approximate surface area is 144 Å². The van der Waals surface area contributed by atoms with Crippen LogP contribution in [0.25, 0.3) is 0 Å².